The molecule has 0 unspecified atom stereocenters. The summed E-state index contributed by atoms with van der Waals surface area (Å²) in [5, 5.41) is 5.68. The average Bonchev–Trinajstić information content (AvgIpc) is 3.18. The topological polar surface area (TPSA) is 101 Å². The van der Waals surface area contributed by atoms with E-state index in [1.807, 2.05) is 30.3 Å². The van der Waals surface area contributed by atoms with Crippen molar-refractivity contribution in [1.29, 1.82) is 0 Å². The maximum absolute atomic E-state index is 12.5. The molecule has 8 heteroatoms. The summed E-state index contributed by atoms with van der Waals surface area (Å²) < 4.78 is 7.35. The fourth-order valence-corrected chi connectivity index (χ4v) is 3.73. The molecule has 8 nitrogen and oxygen atoms in total. The number of hydrogen-bond donors (Lipinski definition) is 2. The summed E-state index contributed by atoms with van der Waals surface area (Å²) in [5.74, 6) is 0.733. The van der Waals surface area contributed by atoms with Crippen LogP contribution < -0.4 is 10.9 Å². The Bertz CT molecular complexity index is 1030. The number of hydrogen-bond acceptors (Lipinski definition) is 5. The second-order valence-electron chi connectivity index (χ2n) is 7.08. The van der Waals surface area contributed by atoms with Gasteiger partial charge in [-0.05, 0) is 12.8 Å². The van der Waals surface area contributed by atoms with Crippen LogP contribution in [-0.4, -0.2) is 38.1 Å². The molecule has 146 valence electrons. The second-order valence-corrected chi connectivity index (χ2v) is 7.08. The molecule has 0 saturated heterocycles. The molecule has 2 aromatic heterocycles. The predicted octanol–water partition coefficient (Wildman–Crippen LogP) is 2.05. The third-order valence-corrected chi connectivity index (χ3v) is 5.23. The molecule has 3 aromatic rings. The van der Waals surface area contributed by atoms with Gasteiger partial charge in [0, 0.05) is 18.7 Å². The van der Waals surface area contributed by atoms with Gasteiger partial charge in [0.15, 0.2) is 5.82 Å². The van der Waals surface area contributed by atoms with Gasteiger partial charge in [-0.25, -0.2) is 4.98 Å². The number of aromatic amines is 1. The van der Waals surface area contributed by atoms with Crippen molar-refractivity contribution in [1.82, 2.24) is 24.9 Å². The van der Waals surface area contributed by atoms with Crippen LogP contribution in [0.1, 0.15) is 37.8 Å². The lowest BCUT2D eigenvalue weighted by molar-refractivity contribution is -0.154. The molecule has 1 amide bonds. The molecule has 1 aliphatic rings. The van der Waals surface area contributed by atoms with Gasteiger partial charge in [-0.3, -0.25) is 14.7 Å². The molecule has 4 rings (SSSR count). The van der Waals surface area contributed by atoms with Gasteiger partial charge in [0.25, 0.3) is 17.2 Å². The van der Waals surface area contributed by atoms with E-state index in [1.54, 1.807) is 7.05 Å². The second kappa shape index (κ2) is 7.55. The molecule has 28 heavy (non-hydrogen) atoms. The minimum Gasteiger partial charge on any atom is -0.359 e. The Morgan fingerprint density at radius 3 is 2.68 bits per heavy atom. The lowest BCUT2D eigenvalue weighted by Crippen LogP contribution is -2.49. The molecule has 2 N–H and O–H groups in total. The monoisotopic (exact) mass is 381 g/mol. The van der Waals surface area contributed by atoms with E-state index in [9.17, 15) is 9.59 Å². The van der Waals surface area contributed by atoms with Gasteiger partial charge >= 0.3 is 0 Å². The van der Waals surface area contributed by atoms with Gasteiger partial charge in [-0.15, -0.1) is 0 Å². The first-order valence-electron chi connectivity index (χ1n) is 9.51. The van der Waals surface area contributed by atoms with Gasteiger partial charge < -0.3 is 10.1 Å². The Labute approximate surface area is 161 Å². The fourth-order valence-electron chi connectivity index (χ4n) is 3.73. The highest BCUT2D eigenvalue weighted by atomic mass is 16.5. The Hall–Kier alpha value is -3.00. The van der Waals surface area contributed by atoms with E-state index in [1.165, 1.54) is 10.6 Å². The number of nitrogens with zero attached hydrogens (tertiary/aromatic N) is 3. The third kappa shape index (κ3) is 3.43. The van der Waals surface area contributed by atoms with Crippen LogP contribution >= 0.6 is 0 Å². The summed E-state index contributed by atoms with van der Waals surface area (Å²) >= 11 is 0. The lowest BCUT2D eigenvalue weighted by Gasteiger charge is -2.35. The number of carbonyl (C=O) groups excluding carboxylic acids is 1. The van der Waals surface area contributed by atoms with Gasteiger partial charge in [-0.1, -0.05) is 49.6 Å². The molecule has 1 aromatic carbocycles. The van der Waals surface area contributed by atoms with Crippen molar-refractivity contribution in [2.45, 2.75) is 44.3 Å². The lowest BCUT2D eigenvalue weighted by atomic mass is 9.84. The molecule has 2 heterocycles. The predicted molar refractivity (Wildman–Crippen MR) is 104 cm³/mol. The molecule has 1 fully saturated rings. The maximum Gasteiger partial charge on any atom is 0.274 e. The zero-order chi connectivity index (χ0) is 19.6. The summed E-state index contributed by atoms with van der Waals surface area (Å²) in [6, 6.07) is 11.0. The van der Waals surface area contributed by atoms with Crippen LogP contribution in [0.15, 0.2) is 41.2 Å². The van der Waals surface area contributed by atoms with E-state index in [0.717, 1.165) is 24.8 Å². The summed E-state index contributed by atoms with van der Waals surface area (Å²) in [6.07, 6.45) is 4.34. The molecule has 0 radical (unpaired) electrons. The summed E-state index contributed by atoms with van der Waals surface area (Å²) in [6.45, 7) is 0.0900. The Balaban J connectivity index is 1.60. The standard InChI is InChI=1S/C20H23N5O3/c1-21-18(27)20(10-6-3-7-11-20)28-13-15-12-16(26)25-19(22-15)23-17(24-25)14-8-4-2-5-9-14/h2,4-5,8-9,12H,3,6-7,10-11,13H2,1H3,(H,21,27)(H,22,23,24). The van der Waals surface area contributed by atoms with Crippen LogP contribution in [0.2, 0.25) is 0 Å². The van der Waals surface area contributed by atoms with Crippen molar-refractivity contribution in [3.05, 3.63) is 52.4 Å². The average molecular weight is 381 g/mol. The van der Waals surface area contributed by atoms with Gasteiger partial charge in [0.05, 0.1) is 12.3 Å². The number of likely N-dealkylation sites (N-methyl/N-ethyl adjacent to an activating group) is 1. The van der Waals surface area contributed by atoms with Crippen LogP contribution in [0, 0.1) is 0 Å². The van der Waals surface area contributed by atoms with Gasteiger partial charge in [-0.2, -0.15) is 9.50 Å². The van der Waals surface area contributed by atoms with E-state index in [0.29, 0.717) is 24.4 Å². The minimum atomic E-state index is -0.847. The first-order chi connectivity index (χ1) is 13.6. The number of carbonyl (C=O) groups is 1. The van der Waals surface area contributed by atoms with Gasteiger partial charge in [0.2, 0.25) is 0 Å². The highest BCUT2D eigenvalue weighted by Crippen LogP contribution is 2.32. The first-order valence-corrected chi connectivity index (χ1v) is 9.51. The van der Waals surface area contributed by atoms with Gasteiger partial charge in [0.1, 0.15) is 5.60 Å². The Kier molecular flexibility index (Phi) is 4.95. The molecule has 1 aliphatic carbocycles. The normalized spacial score (nSPS) is 16.2. The zero-order valence-corrected chi connectivity index (χ0v) is 15.8. The van der Waals surface area contributed by atoms with Crippen LogP contribution in [0.25, 0.3) is 17.2 Å². The number of H-pyrrole nitrogens is 1. The fraction of sp³-hybridized carbons (Fsp3) is 0.400. The highest BCUT2D eigenvalue weighted by molar-refractivity contribution is 5.85. The molecular weight excluding hydrogens is 358 g/mol. The highest BCUT2D eigenvalue weighted by Gasteiger charge is 2.40. The molecule has 0 aliphatic heterocycles. The molecule has 0 spiro atoms. The maximum atomic E-state index is 12.5. The largest absolute Gasteiger partial charge is 0.359 e. The molecule has 1 saturated carbocycles. The van der Waals surface area contributed by atoms with Crippen LogP contribution in [-0.2, 0) is 16.1 Å². The van der Waals surface area contributed by atoms with Crippen molar-refractivity contribution in [3.63, 3.8) is 0 Å². The Morgan fingerprint density at radius 2 is 1.96 bits per heavy atom. The summed E-state index contributed by atoms with van der Waals surface area (Å²) in [4.78, 5) is 33.8. The number of fused-ring (bicyclic) bond motifs is 1. The van der Waals surface area contributed by atoms with Crippen LogP contribution in [0.5, 0.6) is 0 Å². The van der Waals surface area contributed by atoms with Crippen LogP contribution in [0.4, 0.5) is 0 Å². The van der Waals surface area contributed by atoms with E-state index in [2.05, 4.69) is 20.4 Å². The molecule has 0 bridgehead atoms. The zero-order valence-electron chi connectivity index (χ0n) is 15.8. The van der Waals surface area contributed by atoms with E-state index in [-0.39, 0.29) is 23.9 Å². The Morgan fingerprint density at radius 1 is 1.21 bits per heavy atom. The number of nitrogens with one attached hydrogen (secondary N) is 2. The van der Waals surface area contributed by atoms with E-state index in [4.69, 9.17) is 4.74 Å². The third-order valence-electron chi connectivity index (χ3n) is 5.23. The van der Waals surface area contributed by atoms with Crippen molar-refractivity contribution in [2.75, 3.05) is 7.05 Å². The minimum absolute atomic E-state index is 0.0900. The summed E-state index contributed by atoms with van der Waals surface area (Å²) in [5.41, 5.74) is 0.215. The van der Waals surface area contributed by atoms with Crippen LogP contribution in [0.3, 0.4) is 0 Å². The number of benzene rings is 1. The van der Waals surface area contributed by atoms with Crippen molar-refractivity contribution in [2.24, 2.45) is 0 Å². The quantitative estimate of drug-likeness (QED) is 0.704. The number of ether oxygens (including phenoxy) is 1. The SMILES string of the molecule is CNC(=O)C1(OCc2cc(=O)n3[nH]c(-c4ccccc4)nc3n2)CCCCC1. The summed E-state index contributed by atoms with van der Waals surface area (Å²) in [7, 11) is 1.62. The van der Waals surface area contributed by atoms with E-state index >= 15 is 0 Å². The number of amides is 1. The van der Waals surface area contributed by atoms with Crippen molar-refractivity contribution in [3.8, 4) is 11.4 Å². The van der Waals surface area contributed by atoms with E-state index < -0.39 is 5.60 Å². The number of rotatable bonds is 5. The molecule has 0 atom stereocenters. The van der Waals surface area contributed by atoms with Crippen molar-refractivity contribution >= 4 is 11.7 Å². The molecular formula is C20H23N5O3. The number of aromatic nitrogens is 4. The smallest absolute Gasteiger partial charge is 0.274 e. The first kappa shape index (κ1) is 18.4. The van der Waals surface area contributed by atoms with Crippen molar-refractivity contribution < 1.29 is 9.53 Å².